The predicted octanol–water partition coefficient (Wildman–Crippen LogP) is 2.16. The molecule has 2 aromatic rings. The molecule has 0 spiro atoms. The Morgan fingerprint density at radius 2 is 2.28 bits per heavy atom. The molecule has 136 valence electrons. The highest BCUT2D eigenvalue weighted by Crippen LogP contribution is 2.19. The molecule has 3 heterocycles. The first-order valence-corrected chi connectivity index (χ1v) is 9.22. The molecular weight excluding hydrogens is 316 g/mol. The summed E-state index contributed by atoms with van der Waals surface area (Å²) in [7, 11) is 1.84. The fourth-order valence-corrected chi connectivity index (χ4v) is 3.43. The lowest BCUT2D eigenvalue weighted by molar-refractivity contribution is 0.0653. The number of amides is 1. The van der Waals surface area contributed by atoms with Crippen LogP contribution in [0.25, 0.3) is 5.65 Å². The first-order valence-electron chi connectivity index (χ1n) is 9.22. The summed E-state index contributed by atoms with van der Waals surface area (Å²) < 4.78 is 2.00. The van der Waals surface area contributed by atoms with E-state index < -0.39 is 0 Å². The molecule has 0 aromatic carbocycles. The van der Waals surface area contributed by atoms with Crippen molar-refractivity contribution in [3.05, 3.63) is 35.8 Å². The van der Waals surface area contributed by atoms with E-state index in [-0.39, 0.29) is 12.0 Å². The van der Waals surface area contributed by atoms with Crippen LogP contribution in [0.1, 0.15) is 48.8 Å². The van der Waals surface area contributed by atoms with E-state index in [4.69, 9.17) is 0 Å². The number of hydrogen-bond acceptors (Lipinski definition) is 4. The van der Waals surface area contributed by atoms with Gasteiger partial charge in [-0.3, -0.25) is 9.69 Å². The Kier molecular flexibility index (Phi) is 5.71. The first kappa shape index (κ1) is 17.9. The average Bonchev–Trinajstić information content (AvgIpc) is 2.97. The lowest BCUT2D eigenvalue weighted by atomic mass is 10.1. The van der Waals surface area contributed by atoms with E-state index in [1.54, 1.807) is 4.90 Å². The number of carbonyl (C=O) groups is 1. The topological polar surface area (TPSA) is 61.1 Å². The Hall–Kier alpha value is -1.92. The highest BCUT2D eigenvalue weighted by Gasteiger charge is 2.25. The van der Waals surface area contributed by atoms with E-state index in [1.807, 2.05) is 35.8 Å². The van der Waals surface area contributed by atoms with Gasteiger partial charge >= 0.3 is 0 Å². The first-order chi connectivity index (χ1) is 12.1. The smallest absolute Gasteiger partial charge is 0.274 e. The SMILES string of the molecule is CCCCN(C)C(=O)c1nc2ccccn2c1CN1CCC[C@H](O)C1. The van der Waals surface area contributed by atoms with Gasteiger partial charge in [0.05, 0.1) is 11.8 Å². The Labute approximate surface area is 149 Å². The zero-order valence-electron chi connectivity index (χ0n) is 15.2. The fraction of sp³-hybridized carbons (Fsp3) is 0.579. The number of nitrogens with zero attached hydrogens (tertiary/aromatic N) is 4. The molecule has 25 heavy (non-hydrogen) atoms. The minimum absolute atomic E-state index is 0.0234. The van der Waals surface area contributed by atoms with Crippen molar-refractivity contribution in [1.29, 1.82) is 0 Å². The minimum atomic E-state index is -0.278. The van der Waals surface area contributed by atoms with Crippen LogP contribution >= 0.6 is 0 Å². The van der Waals surface area contributed by atoms with Gasteiger partial charge in [0, 0.05) is 32.9 Å². The molecule has 2 aromatic heterocycles. The molecule has 6 heteroatoms. The van der Waals surface area contributed by atoms with Gasteiger partial charge in [0.2, 0.25) is 0 Å². The molecule has 0 unspecified atom stereocenters. The van der Waals surface area contributed by atoms with Gasteiger partial charge in [0.25, 0.3) is 5.91 Å². The van der Waals surface area contributed by atoms with E-state index in [0.717, 1.165) is 50.1 Å². The van der Waals surface area contributed by atoms with E-state index in [1.165, 1.54) is 0 Å². The number of aliphatic hydroxyl groups excluding tert-OH is 1. The van der Waals surface area contributed by atoms with Crippen LogP contribution in [0, 0.1) is 0 Å². The van der Waals surface area contributed by atoms with Crippen LogP contribution in [-0.2, 0) is 6.54 Å². The molecule has 1 aliphatic rings. The number of piperidine rings is 1. The van der Waals surface area contributed by atoms with Crippen LogP contribution in [-0.4, -0.2) is 63.0 Å². The third-order valence-electron chi connectivity index (χ3n) is 4.88. The molecular formula is C19H28N4O2. The number of hydrogen-bond donors (Lipinski definition) is 1. The maximum Gasteiger partial charge on any atom is 0.274 e. The van der Waals surface area contributed by atoms with Gasteiger partial charge in [0.15, 0.2) is 5.69 Å². The quantitative estimate of drug-likeness (QED) is 0.872. The molecule has 0 saturated carbocycles. The number of aromatic nitrogens is 2. The van der Waals surface area contributed by atoms with Gasteiger partial charge in [-0.25, -0.2) is 4.98 Å². The van der Waals surface area contributed by atoms with Crippen LogP contribution in [0.3, 0.4) is 0 Å². The van der Waals surface area contributed by atoms with Gasteiger partial charge in [-0.1, -0.05) is 19.4 Å². The van der Waals surface area contributed by atoms with Crippen LogP contribution in [0.4, 0.5) is 0 Å². The monoisotopic (exact) mass is 344 g/mol. The third kappa shape index (κ3) is 4.02. The number of fused-ring (bicyclic) bond motifs is 1. The second kappa shape index (κ2) is 7.97. The summed E-state index contributed by atoms with van der Waals surface area (Å²) in [5, 5.41) is 9.95. The number of unbranched alkanes of at least 4 members (excludes halogenated alkanes) is 1. The summed E-state index contributed by atoms with van der Waals surface area (Å²) in [6, 6.07) is 5.82. The molecule has 1 aliphatic heterocycles. The number of carbonyl (C=O) groups excluding carboxylic acids is 1. The van der Waals surface area contributed by atoms with E-state index >= 15 is 0 Å². The minimum Gasteiger partial charge on any atom is -0.392 e. The molecule has 1 amide bonds. The summed E-state index contributed by atoms with van der Waals surface area (Å²) in [4.78, 5) is 21.5. The Bertz CT molecular complexity index is 727. The molecule has 3 rings (SSSR count). The molecule has 1 N–H and O–H groups in total. The molecule has 6 nitrogen and oxygen atoms in total. The van der Waals surface area contributed by atoms with E-state index in [9.17, 15) is 9.90 Å². The number of likely N-dealkylation sites (tertiary alicyclic amines) is 1. The van der Waals surface area contributed by atoms with Crippen molar-refractivity contribution in [2.45, 2.75) is 45.3 Å². The summed E-state index contributed by atoms with van der Waals surface area (Å²) in [6.07, 6.45) is 5.57. The lowest BCUT2D eigenvalue weighted by Gasteiger charge is -2.30. The zero-order valence-corrected chi connectivity index (χ0v) is 15.2. The van der Waals surface area contributed by atoms with Crippen molar-refractivity contribution in [2.24, 2.45) is 0 Å². The Morgan fingerprint density at radius 1 is 1.44 bits per heavy atom. The summed E-state index contributed by atoms with van der Waals surface area (Å²) in [5.41, 5.74) is 2.24. The van der Waals surface area contributed by atoms with E-state index in [0.29, 0.717) is 18.8 Å². The molecule has 0 radical (unpaired) electrons. The van der Waals surface area contributed by atoms with Crippen LogP contribution in [0.15, 0.2) is 24.4 Å². The molecule has 1 atom stereocenters. The van der Waals surface area contributed by atoms with Gasteiger partial charge in [-0.15, -0.1) is 0 Å². The third-order valence-corrected chi connectivity index (χ3v) is 4.88. The average molecular weight is 344 g/mol. The van der Waals surface area contributed by atoms with Crippen molar-refractivity contribution in [2.75, 3.05) is 26.7 Å². The van der Waals surface area contributed by atoms with Crippen molar-refractivity contribution >= 4 is 11.6 Å². The number of rotatable bonds is 6. The predicted molar refractivity (Wildman–Crippen MR) is 97.6 cm³/mol. The fourth-order valence-electron chi connectivity index (χ4n) is 3.43. The Balaban J connectivity index is 1.90. The largest absolute Gasteiger partial charge is 0.392 e. The van der Waals surface area contributed by atoms with Gasteiger partial charge in [-0.2, -0.15) is 0 Å². The molecule has 0 bridgehead atoms. The second-order valence-electron chi connectivity index (χ2n) is 6.95. The summed E-state index contributed by atoms with van der Waals surface area (Å²) in [5.74, 6) is -0.0234. The zero-order chi connectivity index (χ0) is 17.8. The molecule has 1 saturated heterocycles. The van der Waals surface area contributed by atoms with Crippen molar-refractivity contribution < 1.29 is 9.90 Å². The van der Waals surface area contributed by atoms with Crippen LogP contribution < -0.4 is 0 Å². The maximum absolute atomic E-state index is 12.9. The van der Waals surface area contributed by atoms with Crippen LogP contribution in [0.5, 0.6) is 0 Å². The van der Waals surface area contributed by atoms with Gasteiger partial charge in [-0.05, 0) is 37.9 Å². The number of pyridine rings is 1. The van der Waals surface area contributed by atoms with Crippen molar-refractivity contribution in [1.82, 2.24) is 19.2 Å². The van der Waals surface area contributed by atoms with Crippen LogP contribution in [0.2, 0.25) is 0 Å². The standard InChI is InChI=1S/C19H28N4O2/c1-3-4-10-21(2)19(25)18-16(14-22-11-7-8-15(24)13-22)23-12-6-5-9-17(23)20-18/h5-6,9,12,15,24H,3-4,7-8,10-11,13-14H2,1-2H3/t15-/m0/s1. The van der Waals surface area contributed by atoms with Crippen molar-refractivity contribution in [3.63, 3.8) is 0 Å². The van der Waals surface area contributed by atoms with E-state index in [2.05, 4.69) is 16.8 Å². The van der Waals surface area contributed by atoms with Gasteiger partial charge < -0.3 is 14.4 Å². The summed E-state index contributed by atoms with van der Waals surface area (Å²) >= 11 is 0. The molecule has 1 fully saturated rings. The lowest BCUT2D eigenvalue weighted by Crippen LogP contribution is -2.38. The highest BCUT2D eigenvalue weighted by atomic mass is 16.3. The normalized spacial score (nSPS) is 18.6. The Morgan fingerprint density at radius 3 is 3.04 bits per heavy atom. The van der Waals surface area contributed by atoms with Gasteiger partial charge in [0.1, 0.15) is 5.65 Å². The van der Waals surface area contributed by atoms with Crippen molar-refractivity contribution in [3.8, 4) is 0 Å². The second-order valence-corrected chi connectivity index (χ2v) is 6.95. The maximum atomic E-state index is 12.9. The number of imidazole rings is 1. The summed E-state index contributed by atoms with van der Waals surface area (Å²) in [6.45, 7) is 5.09. The number of aliphatic hydroxyl groups is 1. The molecule has 0 aliphatic carbocycles. The highest BCUT2D eigenvalue weighted by molar-refractivity contribution is 5.94. The number of β-amino-alcohol motifs (C(OH)–C–C–N with tert-alkyl or cyclic N) is 1.